The van der Waals surface area contributed by atoms with Gasteiger partial charge in [-0.05, 0) is 18.1 Å². The molecule has 0 saturated heterocycles. The molecule has 0 radical (unpaired) electrons. The molecule has 0 atom stereocenters. The fourth-order valence-corrected chi connectivity index (χ4v) is 2.32. The number of halogens is 4. The maximum atomic E-state index is 12.1. The molecule has 0 aliphatic heterocycles. The van der Waals surface area contributed by atoms with Gasteiger partial charge in [-0.15, -0.1) is 0 Å². The summed E-state index contributed by atoms with van der Waals surface area (Å²) in [6.07, 6.45) is 1.12. The number of alkyl halides is 3. The number of pyridine rings is 2. The molecule has 0 saturated carbocycles. The number of hydrogen-bond acceptors (Lipinski definition) is 4. The van der Waals surface area contributed by atoms with Gasteiger partial charge >= 0.3 is 6.18 Å². The van der Waals surface area contributed by atoms with Crippen LogP contribution in [0.2, 0.25) is 5.15 Å². The Bertz CT molecular complexity index is 833. The number of aryl methyl sites for hydroxylation is 2. The van der Waals surface area contributed by atoms with Crippen molar-refractivity contribution in [3.63, 3.8) is 0 Å². The smallest absolute Gasteiger partial charge is 0.422 e. The number of ether oxygens (including phenoxy) is 1. The van der Waals surface area contributed by atoms with E-state index in [1.165, 1.54) is 12.3 Å². The molecule has 3 rings (SSSR count). The van der Waals surface area contributed by atoms with E-state index in [9.17, 15) is 13.2 Å². The Hall–Kier alpha value is -2.35. The maximum absolute atomic E-state index is 12.1. The van der Waals surface area contributed by atoms with Crippen molar-refractivity contribution in [1.29, 1.82) is 0 Å². The lowest BCUT2D eigenvalue weighted by atomic mass is 10.2. The van der Waals surface area contributed by atoms with Crippen LogP contribution >= 0.6 is 11.6 Å². The van der Waals surface area contributed by atoms with Crippen LogP contribution in [0.15, 0.2) is 36.8 Å². The third-order valence-corrected chi connectivity index (χ3v) is 3.54. The number of fused-ring (bicyclic) bond motifs is 1. The highest BCUT2D eigenvalue weighted by Crippen LogP contribution is 2.20. The van der Waals surface area contributed by atoms with E-state index in [1.807, 2.05) is 0 Å². The van der Waals surface area contributed by atoms with Gasteiger partial charge < -0.3 is 4.74 Å². The van der Waals surface area contributed by atoms with E-state index < -0.39 is 12.8 Å². The van der Waals surface area contributed by atoms with Crippen LogP contribution in [0, 0.1) is 0 Å². The first-order valence-corrected chi connectivity index (χ1v) is 7.41. The van der Waals surface area contributed by atoms with Gasteiger partial charge in [0, 0.05) is 31.2 Å². The fourth-order valence-electron chi connectivity index (χ4n) is 2.12. The zero-order valence-electron chi connectivity index (χ0n) is 12.3. The molecule has 0 unspecified atom stereocenters. The molecule has 0 bridgehead atoms. The van der Waals surface area contributed by atoms with Crippen molar-refractivity contribution in [3.8, 4) is 5.88 Å². The quantitative estimate of drug-likeness (QED) is 0.655. The van der Waals surface area contributed by atoms with Crippen LogP contribution in [-0.4, -0.2) is 32.5 Å². The molecule has 24 heavy (non-hydrogen) atoms. The second-order valence-electron chi connectivity index (χ2n) is 5.09. The average Bonchev–Trinajstić information content (AvgIpc) is 2.96. The van der Waals surface area contributed by atoms with Crippen LogP contribution in [0.5, 0.6) is 5.88 Å². The van der Waals surface area contributed by atoms with E-state index in [-0.39, 0.29) is 5.88 Å². The minimum absolute atomic E-state index is 0.0567. The zero-order chi connectivity index (χ0) is 17.2. The van der Waals surface area contributed by atoms with Gasteiger partial charge in [0.15, 0.2) is 6.61 Å². The third-order valence-electron chi connectivity index (χ3n) is 3.24. The van der Waals surface area contributed by atoms with Crippen molar-refractivity contribution < 1.29 is 17.9 Å². The standard InChI is InChI=1S/C15H12ClF3N4O/c16-14-11-8-23(22-12(11)3-5-20-14)6-4-10-1-2-13(21-7-10)24-9-15(17,18)19/h1-3,5,7-8H,4,6,9H2. The summed E-state index contributed by atoms with van der Waals surface area (Å²) in [5.74, 6) is -0.0567. The summed E-state index contributed by atoms with van der Waals surface area (Å²) in [7, 11) is 0. The first kappa shape index (κ1) is 16.5. The molecule has 0 aliphatic rings. The van der Waals surface area contributed by atoms with Gasteiger partial charge in [0.05, 0.1) is 10.9 Å². The summed E-state index contributed by atoms with van der Waals surface area (Å²) < 4.78 is 42.5. The summed E-state index contributed by atoms with van der Waals surface area (Å²) >= 11 is 6.00. The zero-order valence-corrected chi connectivity index (χ0v) is 13.1. The molecule has 5 nitrogen and oxygen atoms in total. The van der Waals surface area contributed by atoms with Crippen LogP contribution in [0.25, 0.3) is 10.9 Å². The highest BCUT2D eigenvalue weighted by Gasteiger charge is 2.28. The molecular formula is C15H12ClF3N4O. The van der Waals surface area contributed by atoms with Crippen LogP contribution < -0.4 is 4.74 Å². The van der Waals surface area contributed by atoms with Crippen LogP contribution in [-0.2, 0) is 13.0 Å². The Kier molecular flexibility index (Phi) is 4.57. The summed E-state index contributed by atoms with van der Waals surface area (Å²) in [5, 5.41) is 5.55. The molecule has 0 spiro atoms. The van der Waals surface area contributed by atoms with E-state index in [0.29, 0.717) is 18.1 Å². The van der Waals surface area contributed by atoms with Crippen molar-refractivity contribution in [3.05, 3.63) is 47.5 Å². The molecule has 3 aromatic heterocycles. The highest BCUT2D eigenvalue weighted by molar-refractivity contribution is 6.34. The summed E-state index contributed by atoms with van der Waals surface area (Å²) in [4.78, 5) is 7.86. The number of nitrogens with zero attached hydrogens (tertiary/aromatic N) is 4. The van der Waals surface area contributed by atoms with Crippen molar-refractivity contribution in [2.45, 2.75) is 19.1 Å². The molecular weight excluding hydrogens is 345 g/mol. The largest absolute Gasteiger partial charge is 0.468 e. The van der Waals surface area contributed by atoms with E-state index in [2.05, 4.69) is 19.8 Å². The molecule has 3 aromatic rings. The monoisotopic (exact) mass is 356 g/mol. The Morgan fingerprint density at radius 1 is 1.17 bits per heavy atom. The Balaban J connectivity index is 1.60. The van der Waals surface area contributed by atoms with Crippen LogP contribution in [0.4, 0.5) is 13.2 Å². The number of aromatic nitrogens is 4. The maximum Gasteiger partial charge on any atom is 0.422 e. The van der Waals surface area contributed by atoms with Gasteiger partial charge in [0.1, 0.15) is 5.15 Å². The minimum atomic E-state index is -4.38. The summed E-state index contributed by atoms with van der Waals surface area (Å²) in [6, 6.07) is 4.87. The Morgan fingerprint density at radius 3 is 2.67 bits per heavy atom. The molecule has 0 aromatic carbocycles. The molecule has 0 amide bonds. The Morgan fingerprint density at radius 2 is 2.00 bits per heavy atom. The molecule has 0 N–H and O–H groups in total. The van der Waals surface area contributed by atoms with E-state index in [0.717, 1.165) is 16.5 Å². The van der Waals surface area contributed by atoms with Crippen LogP contribution in [0.3, 0.4) is 0 Å². The number of rotatable bonds is 5. The molecule has 0 aliphatic carbocycles. The molecule has 9 heteroatoms. The van der Waals surface area contributed by atoms with E-state index in [1.54, 1.807) is 29.2 Å². The molecule has 3 heterocycles. The minimum Gasteiger partial charge on any atom is -0.468 e. The SMILES string of the molecule is FC(F)(F)COc1ccc(CCn2cc3c(Cl)nccc3n2)cn1. The lowest BCUT2D eigenvalue weighted by Crippen LogP contribution is -2.19. The predicted molar refractivity (Wildman–Crippen MR) is 82.0 cm³/mol. The molecule has 0 fully saturated rings. The summed E-state index contributed by atoms with van der Waals surface area (Å²) in [6.45, 7) is -0.774. The first-order chi connectivity index (χ1) is 11.4. The Labute approximate surface area is 140 Å². The predicted octanol–water partition coefficient (Wildman–Crippen LogP) is 3.66. The number of hydrogen-bond donors (Lipinski definition) is 0. The summed E-state index contributed by atoms with van der Waals surface area (Å²) in [5.41, 5.74) is 1.61. The first-order valence-electron chi connectivity index (χ1n) is 7.03. The topological polar surface area (TPSA) is 52.8 Å². The van der Waals surface area contributed by atoms with Gasteiger partial charge in [-0.2, -0.15) is 18.3 Å². The van der Waals surface area contributed by atoms with Gasteiger partial charge in [0.25, 0.3) is 0 Å². The van der Waals surface area contributed by atoms with Gasteiger partial charge in [-0.3, -0.25) is 4.68 Å². The normalized spacial score (nSPS) is 11.8. The van der Waals surface area contributed by atoms with Crippen molar-refractivity contribution >= 4 is 22.5 Å². The lowest BCUT2D eigenvalue weighted by Gasteiger charge is -2.08. The van der Waals surface area contributed by atoms with Gasteiger partial charge in [-0.1, -0.05) is 17.7 Å². The van der Waals surface area contributed by atoms with Crippen LogP contribution in [0.1, 0.15) is 5.56 Å². The second kappa shape index (κ2) is 6.64. The van der Waals surface area contributed by atoms with Crippen molar-refractivity contribution in [2.75, 3.05) is 6.61 Å². The van der Waals surface area contributed by atoms with Gasteiger partial charge in [-0.25, -0.2) is 9.97 Å². The van der Waals surface area contributed by atoms with E-state index >= 15 is 0 Å². The van der Waals surface area contributed by atoms with Crippen molar-refractivity contribution in [1.82, 2.24) is 19.7 Å². The van der Waals surface area contributed by atoms with E-state index in [4.69, 9.17) is 11.6 Å². The molecule has 126 valence electrons. The fraction of sp³-hybridized carbons (Fsp3) is 0.267. The average molecular weight is 357 g/mol. The van der Waals surface area contributed by atoms with Crippen molar-refractivity contribution in [2.24, 2.45) is 0 Å². The third kappa shape index (κ3) is 4.14. The van der Waals surface area contributed by atoms with Gasteiger partial charge in [0.2, 0.25) is 5.88 Å². The second-order valence-corrected chi connectivity index (χ2v) is 5.44. The lowest BCUT2D eigenvalue weighted by molar-refractivity contribution is -0.154. The highest BCUT2D eigenvalue weighted by atomic mass is 35.5.